The van der Waals surface area contributed by atoms with Gasteiger partial charge in [0.2, 0.25) is 17.7 Å². The number of carbonyl (C=O) groups excluding carboxylic acids is 3. The van der Waals surface area contributed by atoms with E-state index in [1.807, 2.05) is 28.0 Å². The Labute approximate surface area is 190 Å². The Morgan fingerprint density at radius 2 is 1.62 bits per heavy atom. The van der Waals surface area contributed by atoms with Gasteiger partial charge in [0.15, 0.2) is 0 Å². The molecule has 3 saturated heterocycles. The number of benzene rings is 1. The molecule has 3 amide bonds. The van der Waals surface area contributed by atoms with Crippen LogP contribution < -0.4 is 5.32 Å². The third-order valence-corrected chi connectivity index (χ3v) is 6.83. The topological polar surface area (TPSA) is 76.2 Å². The molecule has 1 aromatic carbocycles. The molecule has 0 bridgehead atoms. The zero-order chi connectivity index (χ0) is 22.3. The molecule has 0 saturated carbocycles. The zero-order valence-electron chi connectivity index (χ0n) is 18.9. The largest absolute Gasteiger partial charge is 0.346 e. The number of nitrogens with zero attached hydrogens (tertiary/aromatic N) is 4. The van der Waals surface area contributed by atoms with Crippen molar-refractivity contribution < 1.29 is 14.4 Å². The van der Waals surface area contributed by atoms with Gasteiger partial charge in [-0.05, 0) is 31.2 Å². The predicted molar refractivity (Wildman–Crippen MR) is 122 cm³/mol. The molecule has 8 heteroatoms. The molecule has 0 aliphatic carbocycles. The monoisotopic (exact) mass is 441 g/mol. The molecule has 3 fully saturated rings. The predicted octanol–water partition coefficient (Wildman–Crippen LogP) is 0.534. The quantitative estimate of drug-likeness (QED) is 0.668. The highest BCUT2D eigenvalue weighted by molar-refractivity contribution is 5.85. The second kappa shape index (κ2) is 10.9. The van der Waals surface area contributed by atoms with E-state index in [9.17, 15) is 14.4 Å². The summed E-state index contributed by atoms with van der Waals surface area (Å²) in [5.41, 5.74) is 1.17. The van der Waals surface area contributed by atoms with Gasteiger partial charge in [0.05, 0.1) is 19.1 Å². The Hall–Kier alpha value is -2.45. The molecule has 1 aromatic rings. The first-order chi connectivity index (χ1) is 15.6. The molecule has 0 radical (unpaired) electrons. The van der Waals surface area contributed by atoms with Gasteiger partial charge >= 0.3 is 0 Å². The third-order valence-electron chi connectivity index (χ3n) is 6.83. The average Bonchev–Trinajstić information content (AvgIpc) is 3.35. The number of hydrogen-bond acceptors (Lipinski definition) is 5. The lowest BCUT2D eigenvalue weighted by Crippen LogP contribution is -2.58. The number of piperazine rings is 1. The van der Waals surface area contributed by atoms with Crippen molar-refractivity contribution in [2.75, 3.05) is 58.9 Å². The van der Waals surface area contributed by atoms with Gasteiger partial charge < -0.3 is 15.1 Å². The Kier molecular flexibility index (Phi) is 7.76. The van der Waals surface area contributed by atoms with Crippen LogP contribution in [0.3, 0.4) is 0 Å². The lowest BCUT2D eigenvalue weighted by molar-refractivity contribution is -0.142. The molecule has 1 atom stereocenters. The number of piperidine rings is 1. The minimum absolute atomic E-state index is 0.0107. The van der Waals surface area contributed by atoms with Crippen LogP contribution in [0.15, 0.2) is 30.3 Å². The van der Waals surface area contributed by atoms with Crippen LogP contribution in [0.1, 0.15) is 31.2 Å². The Balaban J connectivity index is 1.19. The summed E-state index contributed by atoms with van der Waals surface area (Å²) in [5.74, 6) is 0.136. The number of rotatable bonds is 7. The van der Waals surface area contributed by atoms with Gasteiger partial charge in [-0.1, -0.05) is 30.3 Å². The molecular weight excluding hydrogens is 406 g/mol. The van der Waals surface area contributed by atoms with Crippen LogP contribution in [-0.2, 0) is 20.9 Å². The van der Waals surface area contributed by atoms with Crippen molar-refractivity contribution in [3.63, 3.8) is 0 Å². The molecule has 32 heavy (non-hydrogen) atoms. The van der Waals surface area contributed by atoms with Crippen molar-refractivity contribution in [1.29, 1.82) is 0 Å². The highest BCUT2D eigenvalue weighted by atomic mass is 16.2. The van der Waals surface area contributed by atoms with Crippen LogP contribution in [-0.4, -0.2) is 102 Å². The minimum atomic E-state index is -0.103. The van der Waals surface area contributed by atoms with Crippen LogP contribution in [0, 0.1) is 0 Å². The lowest BCUT2D eigenvalue weighted by atomic mass is 10.0. The third kappa shape index (κ3) is 5.86. The van der Waals surface area contributed by atoms with Crippen molar-refractivity contribution >= 4 is 17.7 Å². The zero-order valence-corrected chi connectivity index (χ0v) is 18.9. The first kappa shape index (κ1) is 22.7. The van der Waals surface area contributed by atoms with Crippen LogP contribution in [0.4, 0.5) is 0 Å². The molecule has 0 spiro atoms. The Morgan fingerprint density at radius 1 is 0.906 bits per heavy atom. The Morgan fingerprint density at radius 3 is 2.34 bits per heavy atom. The van der Waals surface area contributed by atoms with Gasteiger partial charge in [0.25, 0.3) is 0 Å². The van der Waals surface area contributed by atoms with Gasteiger partial charge in [-0.2, -0.15) is 0 Å². The van der Waals surface area contributed by atoms with Gasteiger partial charge in [-0.25, -0.2) is 0 Å². The van der Waals surface area contributed by atoms with E-state index >= 15 is 0 Å². The normalized spacial score (nSPS) is 22.9. The fourth-order valence-corrected chi connectivity index (χ4v) is 4.96. The molecule has 3 heterocycles. The van der Waals surface area contributed by atoms with Gasteiger partial charge in [0, 0.05) is 52.4 Å². The second-order valence-electron chi connectivity index (χ2n) is 9.08. The molecule has 174 valence electrons. The summed E-state index contributed by atoms with van der Waals surface area (Å²) in [7, 11) is 0. The smallest absolute Gasteiger partial charge is 0.241 e. The van der Waals surface area contributed by atoms with E-state index in [0.717, 1.165) is 71.5 Å². The number of hydrogen-bond donors (Lipinski definition) is 1. The summed E-state index contributed by atoms with van der Waals surface area (Å²) < 4.78 is 0. The summed E-state index contributed by atoms with van der Waals surface area (Å²) in [6.45, 7) is 6.59. The number of likely N-dealkylation sites (tertiary alicyclic amines) is 2. The lowest BCUT2D eigenvalue weighted by Gasteiger charge is -2.42. The van der Waals surface area contributed by atoms with Crippen LogP contribution in [0.2, 0.25) is 0 Å². The van der Waals surface area contributed by atoms with Gasteiger partial charge in [-0.15, -0.1) is 0 Å². The fraction of sp³-hybridized carbons (Fsp3) is 0.625. The molecule has 3 aliphatic heterocycles. The van der Waals surface area contributed by atoms with Crippen molar-refractivity contribution in [2.24, 2.45) is 0 Å². The summed E-state index contributed by atoms with van der Waals surface area (Å²) in [6, 6.07) is 10.1. The van der Waals surface area contributed by atoms with E-state index in [2.05, 4.69) is 27.2 Å². The molecule has 8 nitrogen and oxygen atoms in total. The van der Waals surface area contributed by atoms with Crippen molar-refractivity contribution in [1.82, 2.24) is 24.9 Å². The summed E-state index contributed by atoms with van der Waals surface area (Å²) in [5, 5.41) is 2.77. The fourth-order valence-electron chi connectivity index (χ4n) is 4.96. The Bertz CT molecular complexity index is 788. The van der Waals surface area contributed by atoms with Crippen molar-refractivity contribution in [2.45, 2.75) is 38.3 Å². The standard InChI is InChI=1S/C24H35N5O3/c30-22(25-17-23(31)28-10-4-5-11-28)19-26-13-15-27(16-14-26)21-9-6-12-29(24(21)32)18-20-7-2-1-3-8-20/h1-3,7-8,21H,4-6,9-19H2,(H,25,30)/t21-/m0/s1. The number of carbonyl (C=O) groups is 3. The first-order valence-corrected chi connectivity index (χ1v) is 11.9. The van der Waals surface area contributed by atoms with E-state index < -0.39 is 0 Å². The molecular formula is C24H35N5O3. The van der Waals surface area contributed by atoms with Crippen LogP contribution in [0.25, 0.3) is 0 Å². The van der Waals surface area contributed by atoms with E-state index in [1.54, 1.807) is 0 Å². The average molecular weight is 442 g/mol. The van der Waals surface area contributed by atoms with Crippen LogP contribution in [0.5, 0.6) is 0 Å². The molecule has 0 unspecified atom stereocenters. The highest BCUT2D eigenvalue weighted by Crippen LogP contribution is 2.21. The van der Waals surface area contributed by atoms with Crippen molar-refractivity contribution in [3.05, 3.63) is 35.9 Å². The first-order valence-electron chi connectivity index (χ1n) is 11.9. The molecule has 4 rings (SSSR count). The molecule has 1 N–H and O–H groups in total. The molecule has 0 aromatic heterocycles. The van der Waals surface area contributed by atoms with E-state index in [4.69, 9.17) is 0 Å². The maximum atomic E-state index is 13.1. The summed E-state index contributed by atoms with van der Waals surface area (Å²) in [6.07, 6.45) is 4.04. The SMILES string of the molecule is O=C(CN1CCN([C@H]2CCCN(Cc3ccccc3)C2=O)CC1)NCC(=O)N1CCCC1. The summed E-state index contributed by atoms with van der Waals surface area (Å²) in [4.78, 5) is 45.7. The van der Waals surface area contributed by atoms with E-state index in [0.29, 0.717) is 13.1 Å². The maximum absolute atomic E-state index is 13.1. The number of nitrogens with one attached hydrogen (secondary N) is 1. The maximum Gasteiger partial charge on any atom is 0.241 e. The van der Waals surface area contributed by atoms with E-state index in [-0.39, 0.29) is 30.3 Å². The second-order valence-corrected chi connectivity index (χ2v) is 9.08. The van der Waals surface area contributed by atoms with Crippen LogP contribution >= 0.6 is 0 Å². The minimum Gasteiger partial charge on any atom is -0.346 e. The number of amides is 3. The van der Waals surface area contributed by atoms with Gasteiger partial charge in [-0.3, -0.25) is 24.2 Å². The van der Waals surface area contributed by atoms with E-state index in [1.165, 1.54) is 5.56 Å². The summed E-state index contributed by atoms with van der Waals surface area (Å²) >= 11 is 0. The van der Waals surface area contributed by atoms with Crippen molar-refractivity contribution in [3.8, 4) is 0 Å². The molecule has 3 aliphatic rings. The highest BCUT2D eigenvalue weighted by Gasteiger charge is 2.35. The van der Waals surface area contributed by atoms with Gasteiger partial charge in [0.1, 0.15) is 0 Å².